The van der Waals surface area contributed by atoms with Crippen molar-refractivity contribution in [1.82, 2.24) is 10.2 Å². The summed E-state index contributed by atoms with van der Waals surface area (Å²) in [4.78, 5) is 23.8. The van der Waals surface area contributed by atoms with Crippen LogP contribution in [0.2, 0.25) is 0 Å². The average molecular weight is 282 g/mol. The number of nitrogens with zero attached hydrogens (tertiary/aromatic N) is 1. The maximum absolute atomic E-state index is 13.6. The van der Waals surface area contributed by atoms with Crippen molar-refractivity contribution in [3.05, 3.63) is 35.6 Å². The Hall–Kier alpha value is -1.95. The lowest BCUT2D eigenvalue weighted by Gasteiger charge is -2.25. The van der Waals surface area contributed by atoms with Crippen molar-refractivity contribution in [3.8, 4) is 0 Å². The van der Waals surface area contributed by atoms with Crippen LogP contribution in [-0.2, 0) is 16.1 Å². The molecule has 0 aliphatic rings. The van der Waals surface area contributed by atoms with Crippen LogP contribution < -0.4 is 5.32 Å². The number of hydrogen-bond donors (Lipinski definition) is 2. The predicted molar refractivity (Wildman–Crippen MR) is 72.6 cm³/mol. The monoisotopic (exact) mass is 282 g/mol. The van der Waals surface area contributed by atoms with E-state index in [0.29, 0.717) is 12.1 Å². The first-order valence-electron chi connectivity index (χ1n) is 6.36. The van der Waals surface area contributed by atoms with Crippen molar-refractivity contribution in [2.24, 2.45) is 0 Å². The van der Waals surface area contributed by atoms with Crippen molar-refractivity contribution in [2.75, 3.05) is 13.1 Å². The third-order valence-electron chi connectivity index (χ3n) is 2.85. The Labute approximate surface area is 117 Å². The quantitative estimate of drug-likeness (QED) is 0.789. The van der Waals surface area contributed by atoms with Crippen LogP contribution in [0.15, 0.2) is 24.3 Å². The highest BCUT2D eigenvalue weighted by molar-refractivity contribution is 5.82. The van der Waals surface area contributed by atoms with E-state index in [-0.39, 0.29) is 18.4 Å². The van der Waals surface area contributed by atoms with Crippen LogP contribution in [0, 0.1) is 5.82 Å². The molecule has 1 aromatic carbocycles. The van der Waals surface area contributed by atoms with Gasteiger partial charge in [0.15, 0.2) is 0 Å². The van der Waals surface area contributed by atoms with Gasteiger partial charge >= 0.3 is 5.97 Å². The van der Waals surface area contributed by atoms with Gasteiger partial charge in [0.1, 0.15) is 12.4 Å². The summed E-state index contributed by atoms with van der Waals surface area (Å²) in [6.45, 7) is 3.70. The van der Waals surface area contributed by atoms with Gasteiger partial charge in [-0.25, -0.2) is 4.39 Å². The highest BCUT2D eigenvalue weighted by atomic mass is 19.1. The summed E-state index contributed by atoms with van der Waals surface area (Å²) in [7, 11) is 0. The molecule has 0 aliphatic heterocycles. The molecule has 0 aliphatic carbocycles. The van der Waals surface area contributed by atoms with Gasteiger partial charge in [-0.3, -0.25) is 14.5 Å². The molecule has 2 N–H and O–H groups in total. The topological polar surface area (TPSA) is 69.6 Å². The minimum absolute atomic E-state index is 0.0271. The summed E-state index contributed by atoms with van der Waals surface area (Å²) in [5, 5.41) is 10.8. The van der Waals surface area contributed by atoms with Crippen molar-refractivity contribution in [2.45, 2.75) is 26.4 Å². The van der Waals surface area contributed by atoms with Crippen molar-refractivity contribution < 1.29 is 19.1 Å². The first kappa shape index (κ1) is 16.1. The Kier molecular flexibility index (Phi) is 6.11. The Morgan fingerprint density at radius 3 is 2.55 bits per heavy atom. The Morgan fingerprint density at radius 2 is 2.00 bits per heavy atom. The predicted octanol–water partition coefficient (Wildman–Crippen LogP) is 1.24. The number of carboxylic acid groups (broad SMARTS) is 1. The zero-order valence-electron chi connectivity index (χ0n) is 11.6. The van der Waals surface area contributed by atoms with E-state index in [2.05, 4.69) is 5.32 Å². The Morgan fingerprint density at radius 1 is 1.35 bits per heavy atom. The molecular weight excluding hydrogens is 263 g/mol. The number of halogens is 1. The Balaban J connectivity index is 2.63. The zero-order chi connectivity index (χ0) is 15.1. The van der Waals surface area contributed by atoms with E-state index in [4.69, 9.17) is 5.11 Å². The van der Waals surface area contributed by atoms with Crippen LogP contribution >= 0.6 is 0 Å². The molecule has 0 heterocycles. The second-order valence-corrected chi connectivity index (χ2v) is 4.76. The van der Waals surface area contributed by atoms with Crippen LogP contribution in [0.1, 0.15) is 19.4 Å². The SMILES string of the molecule is CC(C)N(CC(=O)NCC(=O)O)Cc1ccccc1F. The molecule has 0 fully saturated rings. The molecular formula is C14H19FN2O3. The molecule has 0 saturated carbocycles. The molecule has 110 valence electrons. The summed E-state index contributed by atoms with van der Waals surface area (Å²) in [6.07, 6.45) is 0. The zero-order valence-corrected chi connectivity index (χ0v) is 11.6. The fourth-order valence-corrected chi connectivity index (χ4v) is 1.68. The molecule has 5 nitrogen and oxygen atoms in total. The average Bonchev–Trinajstić information content (AvgIpc) is 2.38. The number of nitrogens with one attached hydrogen (secondary N) is 1. The second-order valence-electron chi connectivity index (χ2n) is 4.76. The maximum Gasteiger partial charge on any atom is 0.322 e. The maximum atomic E-state index is 13.6. The lowest BCUT2D eigenvalue weighted by molar-refractivity contribution is -0.138. The smallest absolute Gasteiger partial charge is 0.322 e. The van der Waals surface area contributed by atoms with Gasteiger partial charge in [0.25, 0.3) is 0 Å². The number of rotatable bonds is 7. The summed E-state index contributed by atoms with van der Waals surface area (Å²) >= 11 is 0. The van der Waals surface area contributed by atoms with Crippen molar-refractivity contribution >= 4 is 11.9 Å². The molecule has 6 heteroatoms. The van der Waals surface area contributed by atoms with Crippen molar-refractivity contribution in [1.29, 1.82) is 0 Å². The van der Waals surface area contributed by atoms with Crippen molar-refractivity contribution in [3.63, 3.8) is 0 Å². The van der Waals surface area contributed by atoms with Gasteiger partial charge in [-0.05, 0) is 19.9 Å². The summed E-state index contributed by atoms with van der Waals surface area (Å²) in [5.74, 6) is -1.80. The fourth-order valence-electron chi connectivity index (χ4n) is 1.68. The van der Waals surface area contributed by atoms with Crippen LogP contribution in [0.25, 0.3) is 0 Å². The first-order chi connectivity index (χ1) is 9.40. The normalized spacial score (nSPS) is 10.8. The lowest BCUT2D eigenvalue weighted by atomic mass is 10.1. The Bertz CT molecular complexity index is 477. The summed E-state index contributed by atoms with van der Waals surface area (Å²) in [6, 6.07) is 6.42. The number of carboxylic acids is 1. The van der Waals surface area contributed by atoms with E-state index < -0.39 is 18.4 Å². The van der Waals surface area contributed by atoms with Gasteiger partial charge in [-0.2, -0.15) is 0 Å². The van der Waals surface area contributed by atoms with E-state index in [1.807, 2.05) is 13.8 Å². The highest BCUT2D eigenvalue weighted by Gasteiger charge is 2.16. The van der Waals surface area contributed by atoms with E-state index in [9.17, 15) is 14.0 Å². The van der Waals surface area contributed by atoms with E-state index >= 15 is 0 Å². The molecule has 0 bridgehead atoms. The van der Waals surface area contributed by atoms with Gasteiger partial charge in [0.05, 0.1) is 6.54 Å². The minimum atomic E-state index is -1.09. The molecule has 0 radical (unpaired) electrons. The largest absolute Gasteiger partial charge is 0.480 e. The second kappa shape index (κ2) is 7.59. The molecule has 1 aromatic rings. The van der Waals surface area contributed by atoms with Gasteiger partial charge in [0.2, 0.25) is 5.91 Å². The van der Waals surface area contributed by atoms with Crippen LogP contribution in [0.5, 0.6) is 0 Å². The third-order valence-corrected chi connectivity index (χ3v) is 2.85. The van der Waals surface area contributed by atoms with Gasteiger partial charge in [0, 0.05) is 18.2 Å². The standard InChI is InChI=1S/C14H19FN2O3/c1-10(2)17(9-13(18)16-7-14(19)20)8-11-5-3-4-6-12(11)15/h3-6,10H,7-9H2,1-2H3,(H,16,18)(H,19,20). The van der Waals surface area contributed by atoms with E-state index in [0.717, 1.165) is 0 Å². The fraction of sp³-hybridized carbons (Fsp3) is 0.429. The number of hydrogen-bond acceptors (Lipinski definition) is 3. The molecule has 0 saturated heterocycles. The van der Waals surface area contributed by atoms with Crippen LogP contribution in [-0.4, -0.2) is 41.0 Å². The number of carbonyl (C=O) groups excluding carboxylic acids is 1. The number of benzene rings is 1. The summed E-state index contributed by atoms with van der Waals surface area (Å²) < 4.78 is 13.6. The molecule has 1 rings (SSSR count). The van der Waals surface area contributed by atoms with Gasteiger partial charge in [-0.1, -0.05) is 18.2 Å². The molecule has 0 spiro atoms. The van der Waals surface area contributed by atoms with Crippen LogP contribution in [0.4, 0.5) is 4.39 Å². The molecule has 0 atom stereocenters. The highest BCUT2D eigenvalue weighted by Crippen LogP contribution is 2.11. The van der Waals surface area contributed by atoms with E-state index in [1.54, 1.807) is 23.1 Å². The van der Waals surface area contributed by atoms with Gasteiger partial charge in [-0.15, -0.1) is 0 Å². The minimum Gasteiger partial charge on any atom is -0.480 e. The first-order valence-corrected chi connectivity index (χ1v) is 6.36. The lowest BCUT2D eigenvalue weighted by Crippen LogP contribution is -2.41. The number of amides is 1. The number of carbonyl (C=O) groups is 2. The third kappa shape index (κ3) is 5.36. The van der Waals surface area contributed by atoms with Gasteiger partial charge < -0.3 is 10.4 Å². The van der Waals surface area contributed by atoms with E-state index in [1.165, 1.54) is 6.07 Å². The van der Waals surface area contributed by atoms with Crippen LogP contribution in [0.3, 0.4) is 0 Å². The molecule has 1 amide bonds. The molecule has 20 heavy (non-hydrogen) atoms. The molecule has 0 aromatic heterocycles. The molecule has 0 unspecified atom stereocenters. The summed E-state index contributed by atoms with van der Waals surface area (Å²) in [5.41, 5.74) is 0.507. The number of aliphatic carboxylic acids is 1.